The Morgan fingerprint density at radius 3 is 3.00 bits per heavy atom. The molecule has 0 spiro atoms. The highest BCUT2D eigenvalue weighted by molar-refractivity contribution is 6.14. The number of likely N-dealkylation sites (tertiary alicyclic amines) is 1. The van der Waals surface area contributed by atoms with E-state index in [0.717, 1.165) is 43.9 Å². The molecule has 1 aliphatic carbocycles. The fourth-order valence-corrected chi connectivity index (χ4v) is 4.04. The lowest BCUT2D eigenvalue weighted by Crippen LogP contribution is -2.26. The summed E-state index contributed by atoms with van der Waals surface area (Å²) in [4.78, 5) is 15.9. The first kappa shape index (κ1) is 19.1. The molecule has 0 radical (unpaired) electrons. The van der Waals surface area contributed by atoms with E-state index < -0.39 is 0 Å². The van der Waals surface area contributed by atoms with Gasteiger partial charge in [0.2, 0.25) is 0 Å². The van der Waals surface area contributed by atoms with Crippen LogP contribution in [-0.4, -0.2) is 53.8 Å². The highest BCUT2D eigenvalue weighted by Gasteiger charge is 2.27. The number of rotatable bonds is 6. The number of hydrogen-bond acceptors (Lipinski definition) is 5. The third kappa shape index (κ3) is 4.41. The van der Waals surface area contributed by atoms with Crippen LogP contribution in [0.15, 0.2) is 46.3 Å². The van der Waals surface area contributed by atoms with Crippen molar-refractivity contribution >= 4 is 17.6 Å². The van der Waals surface area contributed by atoms with Crippen LogP contribution in [0.2, 0.25) is 0 Å². The molecule has 4 rings (SSSR count). The normalized spacial score (nSPS) is 21.5. The van der Waals surface area contributed by atoms with Crippen LogP contribution in [0.25, 0.3) is 6.08 Å². The molecule has 1 fully saturated rings. The number of nitrogens with zero attached hydrogens (tertiary/aromatic N) is 4. The Labute approximate surface area is 167 Å². The van der Waals surface area contributed by atoms with E-state index in [2.05, 4.69) is 54.4 Å². The molecule has 1 atom stereocenters. The van der Waals surface area contributed by atoms with Crippen molar-refractivity contribution in [2.75, 3.05) is 26.2 Å². The van der Waals surface area contributed by atoms with Crippen molar-refractivity contribution in [3.8, 4) is 0 Å². The van der Waals surface area contributed by atoms with Crippen molar-refractivity contribution in [2.24, 2.45) is 15.4 Å². The van der Waals surface area contributed by atoms with Crippen molar-refractivity contribution in [3.05, 3.63) is 47.4 Å². The summed E-state index contributed by atoms with van der Waals surface area (Å²) in [6.07, 6.45) is 9.13. The predicted octanol–water partition coefficient (Wildman–Crippen LogP) is 3.92. The second kappa shape index (κ2) is 7.63. The van der Waals surface area contributed by atoms with Gasteiger partial charge in [-0.15, -0.1) is 0 Å². The predicted molar refractivity (Wildman–Crippen MR) is 115 cm³/mol. The zero-order valence-corrected chi connectivity index (χ0v) is 17.2. The first-order valence-corrected chi connectivity index (χ1v) is 10.2. The third-order valence-corrected chi connectivity index (χ3v) is 5.43. The Morgan fingerprint density at radius 1 is 1.36 bits per heavy atom. The summed E-state index contributed by atoms with van der Waals surface area (Å²) in [5, 5.41) is 0. The van der Waals surface area contributed by atoms with Gasteiger partial charge in [0, 0.05) is 43.2 Å². The molecule has 5 heteroatoms. The van der Waals surface area contributed by atoms with Crippen LogP contribution in [0.1, 0.15) is 44.7 Å². The number of aromatic nitrogens is 1. The third-order valence-electron chi connectivity index (χ3n) is 5.43. The molecule has 3 aliphatic rings. The van der Waals surface area contributed by atoms with E-state index >= 15 is 0 Å². The SMILES string of the molecule is C=C(CC(C)(C)C)N1CCC(OCC2=NC(C3=Cc4cnccc4C3)=NC2)C1. The number of hydrogen-bond donors (Lipinski definition) is 0. The number of aliphatic imine (C=N–C) groups is 2. The molecule has 148 valence electrons. The van der Waals surface area contributed by atoms with Crippen molar-refractivity contribution in [1.29, 1.82) is 0 Å². The topological polar surface area (TPSA) is 50.1 Å². The summed E-state index contributed by atoms with van der Waals surface area (Å²) in [5.41, 5.74) is 6.19. The lowest BCUT2D eigenvalue weighted by atomic mass is 9.90. The number of pyridine rings is 1. The molecule has 1 aromatic rings. The molecule has 0 bridgehead atoms. The van der Waals surface area contributed by atoms with Crippen molar-refractivity contribution in [2.45, 2.75) is 46.1 Å². The summed E-state index contributed by atoms with van der Waals surface area (Å²) in [6, 6.07) is 2.07. The van der Waals surface area contributed by atoms with Crippen LogP contribution in [0, 0.1) is 5.41 Å². The van der Waals surface area contributed by atoms with Crippen molar-refractivity contribution < 1.29 is 4.74 Å². The molecular weight excluding hydrogens is 348 g/mol. The molecule has 0 aromatic carbocycles. The maximum absolute atomic E-state index is 6.15. The standard InChI is InChI=1S/C23H30N4O/c1-16(11-23(2,3)4)27-8-6-21(14-27)28-15-20-13-25-22(26-20)18-9-17-5-7-24-12-19(17)10-18/h5,7,10,12,21H,1,6,8-9,11,13-15H2,2-4H3. The van der Waals surface area contributed by atoms with Gasteiger partial charge in [0.25, 0.3) is 0 Å². The molecular formula is C23H30N4O. The highest BCUT2D eigenvalue weighted by Crippen LogP contribution is 2.28. The number of allylic oxidation sites excluding steroid dienone is 1. The van der Waals surface area contributed by atoms with Crippen LogP contribution in [0.5, 0.6) is 0 Å². The Bertz CT molecular complexity index is 860. The summed E-state index contributed by atoms with van der Waals surface area (Å²) < 4.78 is 6.15. The van der Waals surface area contributed by atoms with Crippen LogP contribution in [-0.2, 0) is 11.2 Å². The fourth-order valence-electron chi connectivity index (χ4n) is 4.04. The van der Waals surface area contributed by atoms with Gasteiger partial charge in [-0.25, -0.2) is 4.99 Å². The summed E-state index contributed by atoms with van der Waals surface area (Å²) in [6.45, 7) is 14.2. The molecule has 0 N–H and O–H groups in total. The van der Waals surface area contributed by atoms with Gasteiger partial charge in [-0.3, -0.25) is 9.98 Å². The van der Waals surface area contributed by atoms with Gasteiger partial charge in [0.1, 0.15) is 0 Å². The van der Waals surface area contributed by atoms with Gasteiger partial charge in [-0.05, 0) is 41.5 Å². The lowest BCUT2D eigenvalue weighted by Gasteiger charge is -2.27. The first-order valence-electron chi connectivity index (χ1n) is 10.2. The van der Waals surface area contributed by atoms with Gasteiger partial charge in [0.15, 0.2) is 5.84 Å². The van der Waals surface area contributed by atoms with E-state index in [4.69, 9.17) is 9.73 Å². The van der Waals surface area contributed by atoms with E-state index in [1.807, 2.05) is 12.4 Å². The minimum Gasteiger partial charge on any atom is -0.373 e. The zero-order valence-electron chi connectivity index (χ0n) is 17.2. The molecule has 1 saturated heterocycles. The second-order valence-corrected chi connectivity index (χ2v) is 9.21. The van der Waals surface area contributed by atoms with Crippen molar-refractivity contribution in [3.63, 3.8) is 0 Å². The number of fused-ring (bicyclic) bond motifs is 1. The highest BCUT2D eigenvalue weighted by atomic mass is 16.5. The minimum absolute atomic E-state index is 0.254. The molecule has 1 aromatic heterocycles. The average Bonchev–Trinajstić information content (AvgIpc) is 3.36. The van der Waals surface area contributed by atoms with Gasteiger partial charge in [-0.1, -0.05) is 27.4 Å². The van der Waals surface area contributed by atoms with E-state index in [-0.39, 0.29) is 11.5 Å². The summed E-state index contributed by atoms with van der Waals surface area (Å²) in [5.74, 6) is 0.862. The van der Waals surface area contributed by atoms with Gasteiger partial charge < -0.3 is 9.64 Å². The Kier molecular flexibility index (Phi) is 5.19. The largest absolute Gasteiger partial charge is 0.373 e. The maximum Gasteiger partial charge on any atom is 0.151 e. The van der Waals surface area contributed by atoms with Crippen LogP contribution >= 0.6 is 0 Å². The van der Waals surface area contributed by atoms with Gasteiger partial charge in [-0.2, -0.15) is 0 Å². The molecule has 0 saturated carbocycles. The Morgan fingerprint density at radius 2 is 2.21 bits per heavy atom. The second-order valence-electron chi connectivity index (χ2n) is 9.21. The Balaban J connectivity index is 1.26. The smallest absolute Gasteiger partial charge is 0.151 e. The maximum atomic E-state index is 6.15. The lowest BCUT2D eigenvalue weighted by molar-refractivity contribution is 0.0893. The molecule has 5 nitrogen and oxygen atoms in total. The van der Waals surface area contributed by atoms with Gasteiger partial charge >= 0.3 is 0 Å². The average molecular weight is 379 g/mol. The first-order chi connectivity index (χ1) is 13.4. The number of amidine groups is 1. The number of ether oxygens (including phenoxy) is 1. The van der Waals surface area contributed by atoms with E-state index in [1.54, 1.807) is 0 Å². The van der Waals surface area contributed by atoms with E-state index in [9.17, 15) is 0 Å². The summed E-state index contributed by atoms with van der Waals surface area (Å²) in [7, 11) is 0. The Hall–Kier alpha value is -2.27. The quantitative estimate of drug-likeness (QED) is 0.754. The molecule has 0 amide bonds. The summed E-state index contributed by atoms with van der Waals surface area (Å²) >= 11 is 0. The zero-order chi connectivity index (χ0) is 19.7. The molecule has 1 unspecified atom stereocenters. The molecule has 28 heavy (non-hydrogen) atoms. The van der Waals surface area contributed by atoms with Crippen LogP contribution < -0.4 is 0 Å². The van der Waals surface area contributed by atoms with Gasteiger partial charge in [0.05, 0.1) is 25.0 Å². The fraction of sp³-hybridized carbons (Fsp3) is 0.522. The monoisotopic (exact) mass is 378 g/mol. The minimum atomic E-state index is 0.254. The van der Waals surface area contributed by atoms with Crippen LogP contribution in [0.4, 0.5) is 0 Å². The molecule has 2 aliphatic heterocycles. The van der Waals surface area contributed by atoms with E-state index in [1.165, 1.54) is 22.4 Å². The van der Waals surface area contributed by atoms with E-state index in [0.29, 0.717) is 13.2 Å². The van der Waals surface area contributed by atoms with Crippen molar-refractivity contribution in [1.82, 2.24) is 9.88 Å². The molecule has 3 heterocycles. The van der Waals surface area contributed by atoms with Crippen LogP contribution in [0.3, 0.4) is 0 Å².